The third-order valence-corrected chi connectivity index (χ3v) is 4.47. The van der Waals surface area contributed by atoms with Crippen LogP contribution in [0.25, 0.3) is 0 Å². The van der Waals surface area contributed by atoms with Crippen molar-refractivity contribution in [3.05, 3.63) is 15.1 Å². The highest BCUT2D eigenvalue weighted by Gasteiger charge is 2.27. The number of hydrogen-bond acceptors (Lipinski definition) is 4. The van der Waals surface area contributed by atoms with E-state index in [4.69, 9.17) is 9.72 Å². The van der Waals surface area contributed by atoms with Crippen molar-refractivity contribution in [1.82, 2.24) is 9.97 Å². The molecule has 4 nitrogen and oxygen atoms in total. The summed E-state index contributed by atoms with van der Waals surface area (Å²) in [6, 6.07) is 0. The predicted octanol–water partition coefficient (Wildman–Crippen LogP) is 3.71. The zero-order valence-corrected chi connectivity index (χ0v) is 14.0. The molecule has 2 heterocycles. The number of nitrogens with one attached hydrogen (secondary N) is 1. The summed E-state index contributed by atoms with van der Waals surface area (Å²) in [5.74, 6) is 1.81. The second kappa shape index (κ2) is 6.83. The molecule has 2 atom stereocenters. The van der Waals surface area contributed by atoms with E-state index in [0.29, 0.717) is 6.10 Å². The van der Waals surface area contributed by atoms with Gasteiger partial charge >= 0.3 is 0 Å². The quantitative estimate of drug-likeness (QED) is 0.798. The fourth-order valence-corrected chi connectivity index (χ4v) is 3.06. The maximum atomic E-state index is 5.89. The molecular weight excluding hydrogens is 353 g/mol. The fraction of sp³-hybridized carbons (Fsp3) is 0.714. The van der Waals surface area contributed by atoms with Crippen LogP contribution in [0.1, 0.15) is 57.7 Å². The van der Waals surface area contributed by atoms with Crippen molar-refractivity contribution in [1.29, 1.82) is 0 Å². The van der Waals surface area contributed by atoms with Crippen molar-refractivity contribution in [2.24, 2.45) is 0 Å². The van der Waals surface area contributed by atoms with E-state index in [0.717, 1.165) is 53.1 Å². The summed E-state index contributed by atoms with van der Waals surface area (Å²) in [6.45, 7) is 7.35. The van der Waals surface area contributed by atoms with Gasteiger partial charge in [0.05, 0.1) is 15.4 Å². The first-order valence-electron chi connectivity index (χ1n) is 7.11. The van der Waals surface area contributed by atoms with Crippen LogP contribution in [0.3, 0.4) is 0 Å². The highest BCUT2D eigenvalue weighted by Crippen LogP contribution is 2.32. The molecular formula is C14H22IN3O. The Balaban J connectivity index is 2.28. The Hall–Kier alpha value is -0.430. The number of aryl methyl sites for hydroxylation is 1. The van der Waals surface area contributed by atoms with Gasteiger partial charge in [0.25, 0.3) is 0 Å². The first kappa shape index (κ1) is 15.0. The lowest BCUT2D eigenvalue weighted by Gasteiger charge is -2.15. The molecule has 2 unspecified atom stereocenters. The van der Waals surface area contributed by atoms with Gasteiger partial charge in [-0.3, -0.25) is 0 Å². The second-order valence-corrected chi connectivity index (χ2v) is 6.06. The minimum Gasteiger partial charge on any atom is -0.369 e. The summed E-state index contributed by atoms with van der Waals surface area (Å²) >= 11 is 2.34. The molecule has 1 aromatic rings. The summed E-state index contributed by atoms with van der Waals surface area (Å²) in [7, 11) is 0. The largest absolute Gasteiger partial charge is 0.369 e. The molecule has 1 fully saturated rings. The number of ether oxygens (including phenoxy) is 1. The number of rotatable bonds is 5. The third kappa shape index (κ3) is 3.56. The Bertz CT molecular complexity index is 439. The molecule has 1 N–H and O–H groups in total. The van der Waals surface area contributed by atoms with Crippen LogP contribution in [0.4, 0.5) is 5.82 Å². The maximum Gasteiger partial charge on any atom is 0.159 e. The molecule has 0 bridgehead atoms. The van der Waals surface area contributed by atoms with Gasteiger partial charge in [-0.05, 0) is 55.2 Å². The Labute approximate surface area is 128 Å². The van der Waals surface area contributed by atoms with Gasteiger partial charge in [0.2, 0.25) is 0 Å². The summed E-state index contributed by atoms with van der Waals surface area (Å²) in [5, 5.41) is 3.40. The summed E-state index contributed by atoms with van der Waals surface area (Å²) in [5.41, 5.74) is 1.12. The summed E-state index contributed by atoms with van der Waals surface area (Å²) < 4.78 is 7.03. The fourth-order valence-electron chi connectivity index (χ4n) is 2.24. The van der Waals surface area contributed by atoms with Crippen LogP contribution in [0.5, 0.6) is 0 Å². The van der Waals surface area contributed by atoms with Crippen molar-refractivity contribution in [2.75, 3.05) is 11.9 Å². The molecule has 0 aromatic carbocycles. The van der Waals surface area contributed by atoms with Crippen molar-refractivity contribution < 1.29 is 4.74 Å². The van der Waals surface area contributed by atoms with Gasteiger partial charge in [-0.15, -0.1) is 0 Å². The Morgan fingerprint density at radius 1 is 1.32 bits per heavy atom. The number of anilines is 1. The van der Waals surface area contributed by atoms with E-state index in [1.54, 1.807) is 0 Å². The lowest BCUT2D eigenvalue weighted by molar-refractivity contribution is 0.0502. The number of aromatic nitrogens is 2. The van der Waals surface area contributed by atoms with Gasteiger partial charge < -0.3 is 10.1 Å². The zero-order valence-electron chi connectivity index (χ0n) is 11.9. The minimum atomic E-state index is 0.0690. The minimum absolute atomic E-state index is 0.0690. The zero-order chi connectivity index (χ0) is 13.8. The molecule has 0 radical (unpaired) electrons. The van der Waals surface area contributed by atoms with E-state index in [1.807, 2.05) is 0 Å². The molecule has 0 spiro atoms. The molecule has 1 aliphatic rings. The average molecular weight is 375 g/mol. The molecule has 19 heavy (non-hydrogen) atoms. The number of nitrogens with zero attached hydrogens (tertiary/aromatic N) is 2. The van der Waals surface area contributed by atoms with E-state index in [-0.39, 0.29) is 6.10 Å². The number of halogens is 1. The number of hydrogen-bond donors (Lipinski definition) is 1. The van der Waals surface area contributed by atoms with Gasteiger partial charge in [0.15, 0.2) is 5.82 Å². The van der Waals surface area contributed by atoms with Crippen LogP contribution < -0.4 is 5.32 Å². The van der Waals surface area contributed by atoms with Gasteiger partial charge in [0.1, 0.15) is 11.9 Å². The highest BCUT2D eigenvalue weighted by molar-refractivity contribution is 14.1. The topological polar surface area (TPSA) is 47.0 Å². The third-order valence-electron chi connectivity index (χ3n) is 3.33. The van der Waals surface area contributed by atoms with Gasteiger partial charge in [-0.25, -0.2) is 9.97 Å². The molecule has 1 aromatic heterocycles. The monoisotopic (exact) mass is 375 g/mol. The second-order valence-electron chi connectivity index (χ2n) is 4.98. The van der Waals surface area contributed by atoms with Crippen molar-refractivity contribution in [3.8, 4) is 0 Å². The molecule has 1 saturated heterocycles. The van der Waals surface area contributed by atoms with Crippen LogP contribution in [-0.2, 0) is 11.2 Å². The smallest absolute Gasteiger partial charge is 0.159 e. The van der Waals surface area contributed by atoms with Crippen LogP contribution in [0.15, 0.2) is 0 Å². The predicted molar refractivity (Wildman–Crippen MR) is 85.4 cm³/mol. The SMILES string of the molecule is CCCNc1nc(C2CCC(C)O2)nc(CC)c1I. The van der Waals surface area contributed by atoms with Crippen molar-refractivity contribution >= 4 is 28.4 Å². The van der Waals surface area contributed by atoms with Crippen LogP contribution in [0.2, 0.25) is 0 Å². The Morgan fingerprint density at radius 3 is 2.68 bits per heavy atom. The van der Waals surface area contributed by atoms with E-state index in [2.05, 4.69) is 53.7 Å². The van der Waals surface area contributed by atoms with Crippen LogP contribution in [-0.4, -0.2) is 22.6 Å². The Morgan fingerprint density at radius 2 is 2.11 bits per heavy atom. The van der Waals surface area contributed by atoms with Gasteiger partial charge in [0, 0.05) is 6.54 Å². The van der Waals surface area contributed by atoms with E-state index >= 15 is 0 Å². The normalized spacial score (nSPS) is 22.7. The van der Waals surface area contributed by atoms with Crippen molar-refractivity contribution in [2.45, 2.75) is 58.7 Å². The lowest BCUT2D eigenvalue weighted by atomic mass is 10.2. The van der Waals surface area contributed by atoms with E-state index < -0.39 is 0 Å². The van der Waals surface area contributed by atoms with Crippen LogP contribution >= 0.6 is 22.6 Å². The van der Waals surface area contributed by atoms with Crippen molar-refractivity contribution in [3.63, 3.8) is 0 Å². The molecule has 5 heteroatoms. The molecule has 0 saturated carbocycles. The molecule has 0 amide bonds. The molecule has 106 valence electrons. The summed E-state index contributed by atoms with van der Waals surface area (Å²) in [4.78, 5) is 9.37. The van der Waals surface area contributed by atoms with Gasteiger partial charge in [-0.2, -0.15) is 0 Å². The lowest BCUT2D eigenvalue weighted by Crippen LogP contribution is -2.13. The highest BCUT2D eigenvalue weighted by atomic mass is 127. The summed E-state index contributed by atoms with van der Waals surface area (Å²) in [6.07, 6.45) is 4.53. The van der Waals surface area contributed by atoms with E-state index in [1.165, 1.54) is 0 Å². The molecule has 2 rings (SSSR count). The first-order chi connectivity index (χ1) is 9.15. The first-order valence-corrected chi connectivity index (χ1v) is 8.19. The van der Waals surface area contributed by atoms with Gasteiger partial charge in [-0.1, -0.05) is 13.8 Å². The van der Waals surface area contributed by atoms with E-state index in [9.17, 15) is 0 Å². The van der Waals surface area contributed by atoms with Crippen LogP contribution in [0, 0.1) is 3.57 Å². The standard InChI is InChI=1S/C14H22IN3O/c1-4-8-16-14-12(15)10(5-2)17-13(18-14)11-7-6-9(3)19-11/h9,11H,4-8H2,1-3H3,(H,16,17,18). The average Bonchev–Trinajstić information content (AvgIpc) is 2.84. The maximum absolute atomic E-state index is 5.89. The molecule has 1 aliphatic heterocycles. The molecule has 0 aliphatic carbocycles. The Kier molecular flexibility index (Phi) is 5.38.